The van der Waals surface area contributed by atoms with Gasteiger partial charge in [-0.2, -0.15) is 0 Å². The van der Waals surface area contributed by atoms with Crippen LogP contribution in [0, 0.1) is 0 Å². The molecule has 6 nitrogen and oxygen atoms in total. The molecule has 3 rings (SSSR count). The lowest BCUT2D eigenvalue weighted by atomic mass is 9.96. The van der Waals surface area contributed by atoms with Crippen LogP contribution >= 0.6 is 0 Å². The molecule has 7 heteroatoms. The van der Waals surface area contributed by atoms with Gasteiger partial charge in [0.15, 0.2) is 5.96 Å². The van der Waals surface area contributed by atoms with Gasteiger partial charge in [0.2, 0.25) is 10.0 Å². The van der Waals surface area contributed by atoms with E-state index in [9.17, 15) is 8.42 Å². The van der Waals surface area contributed by atoms with Gasteiger partial charge in [0.05, 0.1) is 12.3 Å². The van der Waals surface area contributed by atoms with Gasteiger partial charge in [0.1, 0.15) is 0 Å². The van der Waals surface area contributed by atoms with Crippen molar-refractivity contribution in [1.29, 1.82) is 0 Å². The van der Waals surface area contributed by atoms with Crippen LogP contribution in [0.4, 0.5) is 0 Å². The van der Waals surface area contributed by atoms with Crippen molar-refractivity contribution in [3.63, 3.8) is 0 Å². The van der Waals surface area contributed by atoms with Crippen LogP contribution in [0.25, 0.3) is 0 Å². The average molecular weight is 415 g/mol. The van der Waals surface area contributed by atoms with Gasteiger partial charge in [-0.15, -0.1) is 0 Å². The summed E-state index contributed by atoms with van der Waals surface area (Å²) in [6, 6.07) is 18.2. The van der Waals surface area contributed by atoms with E-state index in [-0.39, 0.29) is 11.2 Å². The Balaban J connectivity index is 1.64. The minimum atomic E-state index is -3.28. The lowest BCUT2D eigenvalue weighted by Crippen LogP contribution is -2.41. The molecule has 0 bridgehead atoms. The Hall–Kier alpha value is -2.38. The van der Waals surface area contributed by atoms with Crippen molar-refractivity contribution in [2.75, 3.05) is 20.1 Å². The van der Waals surface area contributed by atoms with E-state index in [1.807, 2.05) is 31.2 Å². The Bertz CT molecular complexity index is 938. The van der Waals surface area contributed by atoms with Gasteiger partial charge in [0, 0.05) is 18.5 Å². The van der Waals surface area contributed by atoms with Crippen LogP contribution < -0.4 is 15.4 Å². The molecule has 2 aromatic carbocycles. The molecule has 0 aromatic heterocycles. The van der Waals surface area contributed by atoms with Crippen LogP contribution in [-0.2, 0) is 27.7 Å². The molecule has 2 aromatic rings. The summed E-state index contributed by atoms with van der Waals surface area (Å²) in [7, 11) is -1.85. The second-order valence-corrected chi connectivity index (χ2v) is 9.40. The maximum Gasteiger partial charge on any atom is 0.215 e. The van der Waals surface area contributed by atoms with Crippen molar-refractivity contribution in [2.24, 2.45) is 4.99 Å². The smallest absolute Gasteiger partial charge is 0.215 e. The highest BCUT2D eigenvalue weighted by atomic mass is 32.2. The minimum Gasteiger partial charge on any atom is -0.357 e. The number of nitrogens with zero attached hydrogens (tertiary/aromatic N) is 1. The lowest BCUT2D eigenvalue weighted by Gasteiger charge is -2.19. The Kier molecular flexibility index (Phi) is 6.92. The first-order valence-electron chi connectivity index (χ1n) is 10.0. The van der Waals surface area contributed by atoms with Crippen molar-refractivity contribution in [2.45, 2.75) is 37.5 Å². The second-order valence-electron chi connectivity index (χ2n) is 7.48. The van der Waals surface area contributed by atoms with Crippen molar-refractivity contribution in [3.8, 4) is 0 Å². The summed E-state index contributed by atoms with van der Waals surface area (Å²) in [5.74, 6) is 0.752. The molecule has 0 radical (unpaired) electrons. The normalized spacial score (nSPS) is 15.7. The standard InChI is InChI=1S/C22H30N4O2S/c1-3-24-21(26-17-22(12-13-22)20-10-5-4-6-11-20)25-15-18-8-7-9-19(14-18)16-29(27,28)23-2/h4-11,14,23H,3,12-13,15-17H2,1-2H3,(H2,24,25,26). The quantitative estimate of drug-likeness (QED) is 0.435. The molecular formula is C22H30N4O2S. The van der Waals surface area contributed by atoms with E-state index in [4.69, 9.17) is 4.99 Å². The SMILES string of the molecule is CCNC(=NCc1cccc(CS(=O)(=O)NC)c1)NCC1(c2ccccc2)CC1. The topological polar surface area (TPSA) is 82.6 Å². The lowest BCUT2D eigenvalue weighted by molar-refractivity contribution is 0.587. The third-order valence-electron chi connectivity index (χ3n) is 5.26. The highest BCUT2D eigenvalue weighted by Crippen LogP contribution is 2.47. The van der Waals surface area contributed by atoms with Crippen molar-refractivity contribution in [3.05, 3.63) is 71.3 Å². The van der Waals surface area contributed by atoms with E-state index in [1.165, 1.54) is 25.5 Å². The molecule has 0 aliphatic heterocycles. The predicted molar refractivity (Wildman–Crippen MR) is 118 cm³/mol. The summed E-state index contributed by atoms with van der Waals surface area (Å²) in [5, 5.41) is 6.79. The zero-order valence-electron chi connectivity index (χ0n) is 17.1. The van der Waals surface area contributed by atoms with Gasteiger partial charge < -0.3 is 10.6 Å². The number of hydrogen-bond acceptors (Lipinski definition) is 3. The Morgan fingerprint density at radius 2 is 1.76 bits per heavy atom. The summed E-state index contributed by atoms with van der Waals surface area (Å²) in [5.41, 5.74) is 3.32. The Morgan fingerprint density at radius 1 is 1.03 bits per heavy atom. The number of guanidine groups is 1. The zero-order chi connectivity index (χ0) is 20.7. The molecule has 156 valence electrons. The first kappa shape index (κ1) is 21.3. The fourth-order valence-corrected chi connectivity index (χ4v) is 4.15. The molecule has 0 heterocycles. The van der Waals surface area contributed by atoms with E-state index in [0.29, 0.717) is 6.54 Å². The number of sulfonamides is 1. The number of hydrogen-bond donors (Lipinski definition) is 3. The summed E-state index contributed by atoms with van der Waals surface area (Å²) in [4.78, 5) is 4.70. The van der Waals surface area contributed by atoms with Crippen LogP contribution in [0.3, 0.4) is 0 Å². The summed E-state index contributed by atoms with van der Waals surface area (Å²) in [6.07, 6.45) is 2.37. The van der Waals surface area contributed by atoms with Gasteiger partial charge in [-0.1, -0.05) is 54.6 Å². The van der Waals surface area contributed by atoms with Crippen LogP contribution in [0.1, 0.15) is 36.5 Å². The molecule has 1 aliphatic carbocycles. The Morgan fingerprint density at radius 3 is 2.41 bits per heavy atom. The molecule has 0 unspecified atom stereocenters. The largest absolute Gasteiger partial charge is 0.357 e. The second kappa shape index (κ2) is 9.41. The number of aliphatic imine (C=N–C) groups is 1. The minimum absolute atomic E-state index is 0.0288. The summed E-state index contributed by atoms with van der Waals surface area (Å²) < 4.78 is 25.9. The van der Waals surface area contributed by atoms with Crippen molar-refractivity contribution in [1.82, 2.24) is 15.4 Å². The number of benzene rings is 2. The fourth-order valence-electron chi connectivity index (χ4n) is 3.38. The van der Waals surface area contributed by atoms with E-state index in [2.05, 4.69) is 45.7 Å². The molecule has 29 heavy (non-hydrogen) atoms. The van der Waals surface area contributed by atoms with E-state index < -0.39 is 10.0 Å². The molecule has 1 aliphatic rings. The first-order valence-corrected chi connectivity index (χ1v) is 11.7. The fraction of sp³-hybridized carbons (Fsp3) is 0.409. The van der Waals surface area contributed by atoms with Gasteiger partial charge in [-0.25, -0.2) is 18.1 Å². The van der Waals surface area contributed by atoms with E-state index in [1.54, 1.807) is 0 Å². The van der Waals surface area contributed by atoms with E-state index >= 15 is 0 Å². The van der Waals surface area contributed by atoms with E-state index in [0.717, 1.165) is 30.2 Å². The predicted octanol–water partition coefficient (Wildman–Crippen LogP) is 2.52. The summed E-state index contributed by atoms with van der Waals surface area (Å²) >= 11 is 0. The molecular weight excluding hydrogens is 384 g/mol. The molecule has 1 saturated carbocycles. The van der Waals surface area contributed by atoms with Crippen molar-refractivity contribution >= 4 is 16.0 Å². The monoisotopic (exact) mass is 414 g/mol. The van der Waals surface area contributed by atoms with Crippen LogP contribution in [-0.4, -0.2) is 34.5 Å². The molecule has 0 amide bonds. The van der Waals surface area contributed by atoms with Crippen LogP contribution in [0.5, 0.6) is 0 Å². The zero-order valence-corrected chi connectivity index (χ0v) is 17.9. The maximum atomic E-state index is 11.8. The van der Waals surface area contributed by atoms with Gasteiger partial charge in [0.25, 0.3) is 0 Å². The highest BCUT2D eigenvalue weighted by molar-refractivity contribution is 7.88. The average Bonchev–Trinajstić information content (AvgIpc) is 3.52. The van der Waals surface area contributed by atoms with Gasteiger partial charge in [-0.05, 0) is 43.5 Å². The molecule has 0 saturated heterocycles. The third-order valence-corrected chi connectivity index (χ3v) is 6.59. The van der Waals surface area contributed by atoms with Crippen LogP contribution in [0.15, 0.2) is 59.6 Å². The number of nitrogens with one attached hydrogen (secondary N) is 3. The first-order chi connectivity index (χ1) is 14.0. The Labute approximate surface area is 173 Å². The maximum absolute atomic E-state index is 11.8. The van der Waals surface area contributed by atoms with Crippen LogP contribution in [0.2, 0.25) is 0 Å². The number of rotatable bonds is 9. The highest BCUT2D eigenvalue weighted by Gasteiger charge is 2.43. The molecule has 3 N–H and O–H groups in total. The third kappa shape index (κ3) is 6.05. The molecule has 0 spiro atoms. The molecule has 1 fully saturated rings. The van der Waals surface area contributed by atoms with Gasteiger partial charge in [-0.3, -0.25) is 0 Å². The van der Waals surface area contributed by atoms with Gasteiger partial charge >= 0.3 is 0 Å². The van der Waals surface area contributed by atoms with Crippen molar-refractivity contribution < 1.29 is 8.42 Å². The molecule has 0 atom stereocenters. The summed E-state index contributed by atoms with van der Waals surface area (Å²) in [6.45, 7) is 4.17.